The number of amides is 3. The van der Waals surface area contributed by atoms with Crippen LogP contribution < -0.4 is 27.8 Å². The minimum absolute atomic E-state index is 0.159. The molecular weight excluding hydrogens is 322 g/mol. The van der Waals surface area contributed by atoms with Gasteiger partial charge in [0.15, 0.2) is 0 Å². The summed E-state index contributed by atoms with van der Waals surface area (Å²) in [6, 6.07) is -2.23. The Labute approximate surface area is 150 Å². The molecule has 8 nitrogen and oxygen atoms in total. The van der Waals surface area contributed by atoms with Crippen LogP contribution in [-0.2, 0) is 14.4 Å². The van der Waals surface area contributed by atoms with Gasteiger partial charge in [-0.25, -0.2) is 0 Å². The van der Waals surface area contributed by atoms with E-state index in [0.29, 0.717) is 19.4 Å². The summed E-state index contributed by atoms with van der Waals surface area (Å²) < 4.78 is 0. The van der Waals surface area contributed by atoms with Crippen molar-refractivity contribution in [1.82, 2.24) is 10.6 Å². The second-order valence-corrected chi connectivity index (χ2v) is 7.21. The molecular formula is C17H35N5O3. The number of hydrogen-bond donors (Lipinski definition) is 5. The van der Waals surface area contributed by atoms with E-state index in [0.717, 1.165) is 12.8 Å². The molecule has 0 aliphatic carbocycles. The van der Waals surface area contributed by atoms with E-state index in [4.69, 9.17) is 17.2 Å². The van der Waals surface area contributed by atoms with Crippen molar-refractivity contribution < 1.29 is 14.4 Å². The highest BCUT2D eigenvalue weighted by Gasteiger charge is 2.29. The van der Waals surface area contributed by atoms with Crippen molar-refractivity contribution in [2.45, 2.75) is 71.5 Å². The van der Waals surface area contributed by atoms with E-state index >= 15 is 0 Å². The van der Waals surface area contributed by atoms with E-state index in [1.165, 1.54) is 0 Å². The lowest BCUT2D eigenvalue weighted by Crippen LogP contribution is -2.57. The lowest BCUT2D eigenvalue weighted by atomic mass is 9.99. The fourth-order valence-electron chi connectivity index (χ4n) is 2.41. The molecule has 0 spiro atoms. The first-order chi connectivity index (χ1) is 11.6. The van der Waals surface area contributed by atoms with Gasteiger partial charge in [0.25, 0.3) is 0 Å². The second kappa shape index (κ2) is 11.8. The van der Waals surface area contributed by atoms with Gasteiger partial charge in [0, 0.05) is 0 Å². The summed E-state index contributed by atoms with van der Waals surface area (Å²) >= 11 is 0. The van der Waals surface area contributed by atoms with E-state index in [1.54, 1.807) is 0 Å². The molecule has 0 radical (unpaired) electrons. The smallest absolute Gasteiger partial charge is 0.243 e. The fraction of sp³-hybridized carbons (Fsp3) is 0.824. The molecule has 0 aromatic carbocycles. The predicted molar refractivity (Wildman–Crippen MR) is 98.2 cm³/mol. The molecule has 0 unspecified atom stereocenters. The minimum Gasteiger partial charge on any atom is -0.368 e. The van der Waals surface area contributed by atoms with Crippen molar-refractivity contribution in [1.29, 1.82) is 0 Å². The van der Waals surface area contributed by atoms with E-state index < -0.39 is 29.9 Å². The van der Waals surface area contributed by atoms with Crippen molar-refractivity contribution in [3.8, 4) is 0 Å². The number of carbonyl (C=O) groups is 3. The molecule has 0 aromatic rings. The summed E-state index contributed by atoms with van der Waals surface area (Å²) in [5.74, 6) is -1.37. The van der Waals surface area contributed by atoms with Crippen molar-refractivity contribution in [3.05, 3.63) is 0 Å². The maximum Gasteiger partial charge on any atom is 0.243 e. The van der Waals surface area contributed by atoms with Crippen LogP contribution in [0.4, 0.5) is 0 Å². The number of nitrogens with one attached hydrogen (secondary N) is 2. The number of unbranched alkanes of at least 4 members (excludes halogenated alkanes) is 1. The SMILES string of the molecule is CC(C)C[C@H](NC(=O)[C@@H](NC(=O)[C@@H](N)CCCCN)C(C)C)C(N)=O. The fourth-order valence-corrected chi connectivity index (χ4v) is 2.41. The molecule has 25 heavy (non-hydrogen) atoms. The maximum atomic E-state index is 12.5. The zero-order valence-corrected chi connectivity index (χ0v) is 15.9. The lowest BCUT2D eigenvalue weighted by molar-refractivity contribution is -0.133. The second-order valence-electron chi connectivity index (χ2n) is 7.21. The third-order valence-electron chi connectivity index (χ3n) is 3.92. The Morgan fingerprint density at radius 3 is 2.00 bits per heavy atom. The maximum absolute atomic E-state index is 12.5. The topological polar surface area (TPSA) is 153 Å². The molecule has 0 rings (SSSR count). The van der Waals surface area contributed by atoms with Crippen LogP contribution >= 0.6 is 0 Å². The van der Waals surface area contributed by atoms with E-state index in [2.05, 4.69) is 10.6 Å². The summed E-state index contributed by atoms with van der Waals surface area (Å²) in [4.78, 5) is 36.3. The molecule has 0 aromatic heterocycles. The average Bonchev–Trinajstić information content (AvgIpc) is 2.50. The van der Waals surface area contributed by atoms with Crippen LogP contribution in [0.5, 0.6) is 0 Å². The summed E-state index contributed by atoms with van der Waals surface area (Å²) in [7, 11) is 0. The Morgan fingerprint density at radius 2 is 1.56 bits per heavy atom. The quantitative estimate of drug-likeness (QED) is 0.301. The Morgan fingerprint density at radius 1 is 0.960 bits per heavy atom. The summed E-state index contributed by atoms with van der Waals surface area (Å²) in [6.07, 6.45) is 2.50. The first-order valence-electron chi connectivity index (χ1n) is 8.95. The highest BCUT2D eigenvalue weighted by Crippen LogP contribution is 2.08. The van der Waals surface area contributed by atoms with E-state index in [9.17, 15) is 14.4 Å². The first kappa shape index (κ1) is 23.3. The van der Waals surface area contributed by atoms with Crippen LogP contribution in [0.3, 0.4) is 0 Å². The third-order valence-corrected chi connectivity index (χ3v) is 3.92. The van der Waals surface area contributed by atoms with Gasteiger partial charge in [-0.3, -0.25) is 14.4 Å². The van der Waals surface area contributed by atoms with Gasteiger partial charge in [-0.2, -0.15) is 0 Å². The number of hydrogen-bond acceptors (Lipinski definition) is 5. The molecule has 8 N–H and O–H groups in total. The van der Waals surface area contributed by atoms with Gasteiger partial charge < -0.3 is 27.8 Å². The number of rotatable bonds is 12. The monoisotopic (exact) mass is 357 g/mol. The van der Waals surface area contributed by atoms with Crippen LogP contribution in [0.1, 0.15) is 53.4 Å². The minimum atomic E-state index is -0.776. The number of primary amides is 1. The predicted octanol–water partition coefficient (Wildman–Crippen LogP) is -0.400. The molecule has 0 heterocycles. The van der Waals surface area contributed by atoms with Crippen LogP contribution in [0.25, 0.3) is 0 Å². The normalized spacial score (nSPS) is 14.9. The molecule has 3 atom stereocenters. The highest BCUT2D eigenvalue weighted by atomic mass is 16.2. The zero-order valence-electron chi connectivity index (χ0n) is 15.9. The van der Waals surface area contributed by atoms with Crippen LogP contribution in [0, 0.1) is 11.8 Å². The Balaban J connectivity index is 4.83. The Kier molecular flexibility index (Phi) is 11.0. The summed E-state index contributed by atoms with van der Waals surface area (Å²) in [5.41, 5.74) is 16.6. The Hall–Kier alpha value is -1.67. The molecule has 0 saturated carbocycles. The third kappa shape index (κ3) is 9.40. The summed E-state index contributed by atoms with van der Waals surface area (Å²) in [6.45, 7) is 8.04. The summed E-state index contributed by atoms with van der Waals surface area (Å²) in [5, 5.41) is 5.32. The first-order valence-corrected chi connectivity index (χ1v) is 8.95. The van der Waals surface area contributed by atoms with Gasteiger partial charge in [-0.1, -0.05) is 34.1 Å². The van der Waals surface area contributed by atoms with Gasteiger partial charge in [-0.15, -0.1) is 0 Å². The number of nitrogens with two attached hydrogens (primary N) is 3. The van der Waals surface area contributed by atoms with Crippen molar-refractivity contribution in [2.75, 3.05) is 6.54 Å². The molecule has 8 heteroatoms. The molecule has 0 aliphatic rings. The Bertz CT molecular complexity index is 440. The van der Waals surface area contributed by atoms with Crippen molar-refractivity contribution in [2.24, 2.45) is 29.0 Å². The van der Waals surface area contributed by atoms with Gasteiger partial charge in [0.05, 0.1) is 6.04 Å². The van der Waals surface area contributed by atoms with Crippen molar-refractivity contribution >= 4 is 17.7 Å². The van der Waals surface area contributed by atoms with Gasteiger partial charge >= 0.3 is 0 Å². The number of carbonyl (C=O) groups excluding carboxylic acids is 3. The van der Waals surface area contributed by atoms with Gasteiger partial charge in [0.1, 0.15) is 12.1 Å². The van der Waals surface area contributed by atoms with Gasteiger partial charge in [-0.05, 0) is 37.6 Å². The van der Waals surface area contributed by atoms with E-state index in [-0.39, 0.29) is 17.7 Å². The molecule has 0 fully saturated rings. The zero-order chi connectivity index (χ0) is 19.6. The van der Waals surface area contributed by atoms with Crippen LogP contribution in [-0.4, -0.2) is 42.4 Å². The van der Waals surface area contributed by atoms with Crippen molar-refractivity contribution in [3.63, 3.8) is 0 Å². The largest absolute Gasteiger partial charge is 0.368 e. The van der Waals surface area contributed by atoms with E-state index in [1.807, 2.05) is 27.7 Å². The lowest BCUT2D eigenvalue weighted by Gasteiger charge is -2.26. The standard InChI is InChI=1S/C17H35N5O3/c1-10(2)9-13(15(20)23)21-17(25)14(11(3)4)22-16(24)12(19)7-5-6-8-18/h10-14H,5-9,18-19H2,1-4H3,(H2,20,23)(H,21,25)(H,22,24)/t12-,13-,14-/m0/s1. The van der Waals surface area contributed by atoms with Gasteiger partial charge in [0.2, 0.25) is 17.7 Å². The molecule has 0 bridgehead atoms. The molecule has 3 amide bonds. The highest BCUT2D eigenvalue weighted by molar-refractivity contribution is 5.92. The molecule has 146 valence electrons. The molecule has 0 aliphatic heterocycles. The average molecular weight is 357 g/mol. The molecule has 0 saturated heterocycles. The van der Waals surface area contributed by atoms with Crippen LogP contribution in [0.15, 0.2) is 0 Å². The van der Waals surface area contributed by atoms with Crippen LogP contribution in [0.2, 0.25) is 0 Å².